The molecule has 2 rings (SSSR count). The first kappa shape index (κ1) is 9.27. The van der Waals surface area contributed by atoms with Crippen LogP contribution in [-0.2, 0) is 4.74 Å². The van der Waals surface area contributed by atoms with Gasteiger partial charge in [-0.25, -0.2) is 0 Å². The van der Waals surface area contributed by atoms with E-state index in [0.29, 0.717) is 13.1 Å². The Hall–Kier alpha value is -0.290. The zero-order valence-electron chi connectivity index (χ0n) is 7.23. The van der Waals surface area contributed by atoms with Gasteiger partial charge in [-0.2, -0.15) is 13.2 Å². The van der Waals surface area contributed by atoms with Gasteiger partial charge in [-0.3, -0.25) is 4.90 Å². The number of epoxide rings is 1. The van der Waals surface area contributed by atoms with Crippen LogP contribution in [0.15, 0.2) is 0 Å². The van der Waals surface area contributed by atoms with Crippen molar-refractivity contribution in [2.24, 2.45) is 0 Å². The number of hydrogen-bond acceptors (Lipinski definition) is 2. The van der Waals surface area contributed by atoms with Gasteiger partial charge in [-0.15, -0.1) is 0 Å². The lowest BCUT2D eigenvalue weighted by atomic mass is 9.98. The maximum absolute atomic E-state index is 12.0. The fraction of sp³-hybridized carbons (Fsp3) is 1.00. The van der Waals surface area contributed by atoms with Gasteiger partial charge in [0.15, 0.2) is 0 Å². The van der Waals surface area contributed by atoms with Crippen molar-refractivity contribution in [3.63, 3.8) is 0 Å². The Labute approximate surface area is 74.7 Å². The summed E-state index contributed by atoms with van der Waals surface area (Å²) in [5.41, 5.74) is -0.0257. The molecule has 5 heteroatoms. The quantitative estimate of drug-likeness (QED) is 0.588. The van der Waals surface area contributed by atoms with Crippen LogP contribution in [-0.4, -0.2) is 42.9 Å². The number of halogens is 3. The van der Waals surface area contributed by atoms with Crippen molar-refractivity contribution in [1.29, 1.82) is 0 Å². The second-order valence-corrected chi connectivity index (χ2v) is 3.86. The smallest absolute Gasteiger partial charge is 0.369 e. The number of hydrogen-bond donors (Lipinski definition) is 0. The molecule has 0 unspecified atom stereocenters. The van der Waals surface area contributed by atoms with Crippen LogP contribution in [0.4, 0.5) is 13.2 Å². The number of rotatable bonds is 1. The average molecular weight is 195 g/mol. The zero-order valence-corrected chi connectivity index (χ0v) is 7.23. The van der Waals surface area contributed by atoms with E-state index in [9.17, 15) is 13.2 Å². The first-order chi connectivity index (χ1) is 5.99. The summed E-state index contributed by atoms with van der Waals surface area (Å²) in [5.74, 6) is 0. The zero-order chi connectivity index (χ0) is 9.53. The summed E-state index contributed by atoms with van der Waals surface area (Å²) in [6.45, 7) is 0.995. The standard InChI is InChI=1S/C8H12F3NO/c9-8(10,11)5-12-3-1-7(2-4-12)6-13-7/h1-6H2. The van der Waals surface area contributed by atoms with Crippen LogP contribution in [0.1, 0.15) is 12.8 Å². The van der Waals surface area contributed by atoms with E-state index in [-0.39, 0.29) is 5.60 Å². The van der Waals surface area contributed by atoms with E-state index in [4.69, 9.17) is 4.74 Å². The molecule has 0 N–H and O–H groups in total. The van der Waals surface area contributed by atoms with E-state index in [1.165, 1.54) is 4.90 Å². The van der Waals surface area contributed by atoms with E-state index in [1.807, 2.05) is 0 Å². The molecule has 0 saturated carbocycles. The van der Waals surface area contributed by atoms with Crippen LogP contribution in [0.5, 0.6) is 0 Å². The van der Waals surface area contributed by atoms with Crippen molar-refractivity contribution in [3.05, 3.63) is 0 Å². The predicted molar refractivity (Wildman–Crippen MR) is 40.4 cm³/mol. The summed E-state index contributed by atoms with van der Waals surface area (Å²) in [4.78, 5) is 1.45. The lowest BCUT2D eigenvalue weighted by Gasteiger charge is -2.30. The third-order valence-corrected chi connectivity index (χ3v) is 2.72. The summed E-state index contributed by atoms with van der Waals surface area (Å²) in [6.07, 6.45) is -2.55. The van der Waals surface area contributed by atoms with Gasteiger partial charge in [0.25, 0.3) is 0 Å². The van der Waals surface area contributed by atoms with Crippen LogP contribution in [0.3, 0.4) is 0 Å². The second kappa shape index (κ2) is 2.85. The van der Waals surface area contributed by atoms with Gasteiger partial charge < -0.3 is 4.74 Å². The minimum absolute atomic E-state index is 0.0257. The number of piperidine rings is 1. The molecule has 13 heavy (non-hydrogen) atoms. The molecular formula is C8H12F3NO. The molecule has 2 heterocycles. The molecule has 2 saturated heterocycles. The number of alkyl halides is 3. The van der Waals surface area contributed by atoms with E-state index < -0.39 is 12.7 Å². The van der Waals surface area contributed by atoms with Crippen molar-refractivity contribution < 1.29 is 17.9 Å². The summed E-state index contributed by atoms with van der Waals surface area (Å²) in [7, 11) is 0. The third kappa shape index (κ3) is 2.34. The van der Waals surface area contributed by atoms with Crippen LogP contribution < -0.4 is 0 Å². The highest BCUT2D eigenvalue weighted by molar-refractivity contribution is 4.96. The molecule has 0 radical (unpaired) electrons. The Bertz CT molecular complexity index is 190. The highest BCUT2D eigenvalue weighted by Crippen LogP contribution is 2.38. The third-order valence-electron chi connectivity index (χ3n) is 2.72. The molecule has 0 aromatic rings. The lowest BCUT2D eigenvalue weighted by molar-refractivity contribution is -0.149. The molecule has 2 aliphatic rings. The number of likely N-dealkylation sites (tertiary alicyclic amines) is 1. The summed E-state index contributed by atoms with van der Waals surface area (Å²) in [6, 6.07) is 0. The molecule has 2 aliphatic heterocycles. The summed E-state index contributed by atoms with van der Waals surface area (Å²) >= 11 is 0. The van der Waals surface area contributed by atoms with Gasteiger partial charge >= 0.3 is 6.18 Å². The highest BCUT2D eigenvalue weighted by Gasteiger charge is 2.47. The molecule has 0 atom stereocenters. The Balaban J connectivity index is 1.78. The lowest BCUT2D eigenvalue weighted by Crippen LogP contribution is -2.42. The van der Waals surface area contributed by atoms with Gasteiger partial charge in [0, 0.05) is 13.1 Å². The van der Waals surface area contributed by atoms with Gasteiger partial charge in [-0.1, -0.05) is 0 Å². The van der Waals surface area contributed by atoms with E-state index >= 15 is 0 Å². The second-order valence-electron chi connectivity index (χ2n) is 3.86. The Kier molecular flexibility index (Phi) is 2.03. The van der Waals surface area contributed by atoms with Crippen LogP contribution in [0, 0.1) is 0 Å². The molecule has 76 valence electrons. The topological polar surface area (TPSA) is 15.8 Å². The van der Waals surface area contributed by atoms with Gasteiger partial charge in [0.2, 0.25) is 0 Å². The average Bonchev–Trinajstić information content (AvgIpc) is 2.73. The Morgan fingerprint density at radius 3 is 2.15 bits per heavy atom. The molecule has 0 bridgehead atoms. The minimum Gasteiger partial charge on any atom is -0.369 e. The van der Waals surface area contributed by atoms with Crippen LogP contribution in [0.2, 0.25) is 0 Å². The molecular weight excluding hydrogens is 183 g/mol. The van der Waals surface area contributed by atoms with Crippen molar-refractivity contribution >= 4 is 0 Å². The highest BCUT2D eigenvalue weighted by atomic mass is 19.4. The van der Waals surface area contributed by atoms with Crippen molar-refractivity contribution in [2.75, 3.05) is 26.2 Å². The molecule has 2 fully saturated rings. The number of nitrogens with zero attached hydrogens (tertiary/aromatic N) is 1. The first-order valence-electron chi connectivity index (χ1n) is 4.42. The minimum atomic E-state index is -4.06. The molecule has 0 aliphatic carbocycles. The fourth-order valence-electron chi connectivity index (χ4n) is 1.76. The van der Waals surface area contributed by atoms with Crippen molar-refractivity contribution in [2.45, 2.75) is 24.6 Å². The maximum atomic E-state index is 12.0. The maximum Gasteiger partial charge on any atom is 0.401 e. The monoisotopic (exact) mass is 195 g/mol. The van der Waals surface area contributed by atoms with E-state index in [0.717, 1.165) is 19.4 Å². The Morgan fingerprint density at radius 1 is 1.23 bits per heavy atom. The van der Waals surface area contributed by atoms with E-state index in [2.05, 4.69) is 0 Å². The van der Waals surface area contributed by atoms with Crippen molar-refractivity contribution in [1.82, 2.24) is 4.90 Å². The summed E-state index contributed by atoms with van der Waals surface area (Å²) < 4.78 is 41.1. The largest absolute Gasteiger partial charge is 0.401 e. The fourth-order valence-corrected chi connectivity index (χ4v) is 1.76. The first-order valence-corrected chi connectivity index (χ1v) is 4.42. The number of ether oxygens (including phenoxy) is 1. The molecule has 0 aromatic carbocycles. The molecule has 0 amide bonds. The van der Waals surface area contributed by atoms with Crippen LogP contribution in [0.25, 0.3) is 0 Å². The Morgan fingerprint density at radius 2 is 1.77 bits per heavy atom. The van der Waals surface area contributed by atoms with Crippen molar-refractivity contribution in [3.8, 4) is 0 Å². The predicted octanol–water partition coefficient (Wildman–Crippen LogP) is 1.41. The van der Waals surface area contributed by atoms with Gasteiger partial charge in [-0.05, 0) is 12.8 Å². The molecule has 1 spiro atoms. The molecule has 2 nitrogen and oxygen atoms in total. The van der Waals surface area contributed by atoms with E-state index in [1.54, 1.807) is 0 Å². The van der Waals surface area contributed by atoms with Gasteiger partial charge in [0.05, 0.1) is 18.8 Å². The summed E-state index contributed by atoms with van der Waals surface area (Å²) in [5, 5.41) is 0. The normalized spacial score (nSPS) is 27.9. The molecule has 0 aromatic heterocycles. The SMILES string of the molecule is FC(F)(F)CN1CCC2(CC1)CO2. The van der Waals surface area contributed by atoms with Gasteiger partial charge in [0.1, 0.15) is 0 Å². The van der Waals surface area contributed by atoms with Crippen LogP contribution >= 0.6 is 0 Å².